The van der Waals surface area contributed by atoms with Gasteiger partial charge in [0.15, 0.2) is 0 Å². The summed E-state index contributed by atoms with van der Waals surface area (Å²) in [5, 5.41) is 7.83. The lowest BCUT2D eigenvalue weighted by molar-refractivity contribution is 0.652. The lowest BCUT2D eigenvalue weighted by atomic mass is 10.2. The van der Waals surface area contributed by atoms with Crippen molar-refractivity contribution in [2.45, 2.75) is 33.2 Å². The Bertz CT molecular complexity index is 202. The minimum Gasteiger partial charge on any atom is -0.318 e. The van der Waals surface area contributed by atoms with Crippen molar-refractivity contribution in [3.05, 3.63) is 12.2 Å². The topological polar surface area (TPSA) is 30.7 Å². The number of hydrogen-bond acceptors (Lipinski definition) is 2. The molecule has 0 saturated heterocycles. The van der Waals surface area contributed by atoms with Crippen LogP contribution in [0.2, 0.25) is 0 Å². The Hall–Kier alpha value is -0.860. The lowest BCUT2D eigenvalue weighted by Gasteiger charge is -2.04. The third-order valence-electron chi connectivity index (χ3n) is 1.50. The first-order valence-electron chi connectivity index (χ1n) is 3.63. The zero-order valence-corrected chi connectivity index (χ0v) is 6.70. The zero-order valence-electron chi connectivity index (χ0n) is 6.70. The van der Waals surface area contributed by atoms with E-state index in [-0.39, 0.29) is 0 Å². The third kappa shape index (κ3) is 1.17. The van der Waals surface area contributed by atoms with Gasteiger partial charge in [-0.25, -0.2) is 0 Å². The molecule has 0 amide bonds. The van der Waals surface area contributed by atoms with Crippen LogP contribution in [-0.4, -0.2) is 14.8 Å². The first kappa shape index (κ1) is 7.25. The van der Waals surface area contributed by atoms with Gasteiger partial charge in [0.1, 0.15) is 12.2 Å². The molecule has 3 heteroatoms. The van der Waals surface area contributed by atoms with E-state index in [1.165, 1.54) is 0 Å². The molecule has 1 aromatic rings. The van der Waals surface area contributed by atoms with E-state index in [2.05, 4.69) is 35.5 Å². The van der Waals surface area contributed by atoms with Crippen LogP contribution in [0.1, 0.15) is 32.5 Å². The van der Waals surface area contributed by atoms with E-state index in [4.69, 9.17) is 0 Å². The summed E-state index contributed by atoms with van der Waals surface area (Å²) >= 11 is 0. The second-order valence-corrected chi connectivity index (χ2v) is 2.63. The number of aromatic nitrogens is 3. The van der Waals surface area contributed by atoms with Crippen LogP contribution in [0, 0.1) is 0 Å². The molecule has 0 aliphatic carbocycles. The maximum absolute atomic E-state index is 4.00. The fraction of sp³-hybridized carbons (Fsp3) is 0.714. The van der Waals surface area contributed by atoms with Crippen molar-refractivity contribution in [2.24, 2.45) is 0 Å². The molecule has 0 radical (unpaired) electrons. The van der Waals surface area contributed by atoms with Crippen molar-refractivity contribution < 1.29 is 0 Å². The first-order chi connectivity index (χ1) is 4.75. The Kier molecular flexibility index (Phi) is 2.04. The number of hydrogen-bond donors (Lipinski definition) is 0. The van der Waals surface area contributed by atoms with Gasteiger partial charge >= 0.3 is 0 Å². The van der Waals surface area contributed by atoms with Crippen LogP contribution in [0.15, 0.2) is 6.33 Å². The fourth-order valence-electron chi connectivity index (χ4n) is 0.955. The molecule has 0 aromatic carbocycles. The van der Waals surface area contributed by atoms with Gasteiger partial charge in [-0.05, 0) is 6.92 Å². The smallest absolute Gasteiger partial charge is 0.135 e. The van der Waals surface area contributed by atoms with Crippen LogP contribution in [0.4, 0.5) is 0 Å². The van der Waals surface area contributed by atoms with E-state index >= 15 is 0 Å². The van der Waals surface area contributed by atoms with Crippen molar-refractivity contribution in [2.75, 3.05) is 0 Å². The van der Waals surface area contributed by atoms with Gasteiger partial charge in [-0.2, -0.15) is 0 Å². The summed E-state index contributed by atoms with van der Waals surface area (Å²) in [7, 11) is 0. The standard InChI is InChI=1S/C7H13N3/c1-4-10-5-8-9-7(10)6(2)3/h5-6H,4H2,1-3H3. The highest BCUT2D eigenvalue weighted by Gasteiger charge is 2.05. The largest absolute Gasteiger partial charge is 0.318 e. The molecule has 1 heterocycles. The molecule has 1 aromatic heterocycles. The molecule has 1 rings (SSSR count). The van der Waals surface area contributed by atoms with Gasteiger partial charge in [-0.15, -0.1) is 10.2 Å². The van der Waals surface area contributed by atoms with Crippen LogP contribution >= 0.6 is 0 Å². The van der Waals surface area contributed by atoms with Crippen molar-refractivity contribution in [3.63, 3.8) is 0 Å². The molecule has 0 bridgehead atoms. The second-order valence-electron chi connectivity index (χ2n) is 2.63. The van der Waals surface area contributed by atoms with Gasteiger partial charge in [-0.1, -0.05) is 13.8 Å². The molecule has 56 valence electrons. The number of nitrogens with zero attached hydrogens (tertiary/aromatic N) is 3. The van der Waals surface area contributed by atoms with Gasteiger partial charge in [0.2, 0.25) is 0 Å². The summed E-state index contributed by atoms with van der Waals surface area (Å²) in [4.78, 5) is 0. The van der Waals surface area contributed by atoms with Gasteiger partial charge in [0, 0.05) is 12.5 Å². The molecule has 0 unspecified atom stereocenters. The van der Waals surface area contributed by atoms with E-state index in [9.17, 15) is 0 Å². The average Bonchev–Trinajstić information content (AvgIpc) is 2.33. The van der Waals surface area contributed by atoms with Crippen LogP contribution in [-0.2, 0) is 6.54 Å². The van der Waals surface area contributed by atoms with E-state index < -0.39 is 0 Å². The highest BCUT2D eigenvalue weighted by Crippen LogP contribution is 2.09. The molecule has 0 aliphatic heterocycles. The average molecular weight is 139 g/mol. The van der Waals surface area contributed by atoms with E-state index in [0.29, 0.717) is 5.92 Å². The summed E-state index contributed by atoms with van der Waals surface area (Å²) in [5.74, 6) is 1.55. The lowest BCUT2D eigenvalue weighted by Crippen LogP contribution is -2.01. The van der Waals surface area contributed by atoms with E-state index in [1.807, 2.05) is 0 Å². The molecule has 0 atom stereocenters. The molecule has 10 heavy (non-hydrogen) atoms. The Morgan fingerprint density at radius 3 is 2.70 bits per heavy atom. The Balaban J connectivity index is 2.90. The van der Waals surface area contributed by atoms with Crippen LogP contribution < -0.4 is 0 Å². The fourth-order valence-corrected chi connectivity index (χ4v) is 0.955. The maximum atomic E-state index is 4.00. The molecule has 3 nitrogen and oxygen atoms in total. The first-order valence-corrected chi connectivity index (χ1v) is 3.63. The quantitative estimate of drug-likeness (QED) is 0.620. The molecular formula is C7H13N3. The highest BCUT2D eigenvalue weighted by atomic mass is 15.3. The summed E-state index contributed by atoms with van der Waals surface area (Å²) in [6, 6.07) is 0. The summed E-state index contributed by atoms with van der Waals surface area (Å²) in [6.45, 7) is 7.29. The second kappa shape index (κ2) is 2.82. The predicted octanol–water partition coefficient (Wildman–Crippen LogP) is 1.42. The number of rotatable bonds is 2. The highest BCUT2D eigenvalue weighted by molar-refractivity contribution is 4.91. The normalized spacial score (nSPS) is 10.8. The maximum Gasteiger partial charge on any atom is 0.135 e. The molecule has 0 spiro atoms. The molecule has 0 fully saturated rings. The Labute approximate surface area is 61.1 Å². The van der Waals surface area contributed by atoms with Crippen LogP contribution in [0.25, 0.3) is 0 Å². The zero-order chi connectivity index (χ0) is 7.56. The van der Waals surface area contributed by atoms with E-state index in [1.54, 1.807) is 6.33 Å². The van der Waals surface area contributed by atoms with Crippen LogP contribution in [0.3, 0.4) is 0 Å². The minimum atomic E-state index is 0.474. The Morgan fingerprint density at radius 1 is 1.60 bits per heavy atom. The van der Waals surface area contributed by atoms with Gasteiger partial charge in [0.05, 0.1) is 0 Å². The van der Waals surface area contributed by atoms with Gasteiger partial charge in [0.25, 0.3) is 0 Å². The van der Waals surface area contributed by atoms with Gasteiger partial charge < -0.3 is 4.57 Å². The van der Waals surface area contributed by atoms with Gasteiger partial charge in [-0.3, -0.25) is 0 Å². The summed E-state index contributed by atoms with van der Waals surface area (Å²) in [5.41, 5.74) is 0. The monoisotopic (exact) mass is 139 g/mol. The number of aryl methyl sites for hydroxylation is 1. The SMILES string of the molecule is CCn1cnnc1C(C)C. The third-order valence-corrected chi connectivity index (χ3v) is 1.50. The van der Waals surface area contributed by atoms with Crippen molar-refractivity contribution in [3.8, 4) is 0 Å². The van der Waals surface area contributed by atoms with Crippen LogP contribution in [0.5, 0.6) is 0 Å². The molecular weight excluding hydrogens is 126 g/mol. The molecule has 0 aliphatic rings. The predicted molar refractivity (Wildman–Crippen MR) is 39.8 cm³/mol. The summed E-state index contributed by atoms with van der Waals surface area (Å²) in [6.07, 6.45) is 1.77. The van der Waals surface area contributed by atoms with E-state index in [0.717, 1.165) is 12.4 Å². The molecule has 0 N–H and O–H groups in total. The summed E-state index contributed by atoms with van der Waals surface area (Å²) < 4.78 is 2.06. The van der Waals surface area contributed by atoms with Crippen molar-refractivity contribution in [1.29, 1.82) is 0 Å². The van der Waals surface area contributed by atoms with Crippen molar-refractivity contribution >= 4 is 0 Å². The minimum absolute atomic E-state index is 0.474. The van der Waals surface area contributed by atoms with Crippen molar-refractivity contribution in [1.82, 2.24) is 14.8 Å². The molecule has 0 saturated carbocycles. The Morgan fingerprint density at radius 2 is 2.30 bits per heavy atom.